The molecule has 0 aliphatic carbocycles. The molecule has 1 atom stereocenters. The summed E-state index contributed by atoms with van der Waals surface area (Å²) in [6, 6.07) is 0. The summed E-state index contributed by atoms with van der Waals surface area (Å²) in [4.78, 5) is 11.3. The second kappa shape index (κ2) is 5.67. The predicted octanol–water partition coefficient (Wildman–Crippen LogP) is 3.47. The molecule has 0 heterocycles. The third-order valence-electron chi connectivity index (χ3n) is 3.00. The van der Waals surface area contributed by atoms with Crippen LogP contribution >= 0.6 is 0 Å². The molecule has 0 bridgehead atoms. The summed E-state index contributed by atoms with van der Waals surface area (Å²) in [5, 5.41) is 9.28. The maximum absolute atomic E-state index is 11.3. The number of aliphatic carboxylic acids is 1. The van der Waals surface area contributed by atoms with Crippen LogP contribution in [0.4, 0.5) is 0 Å². The fraction of sp³-hybridized carbons (Fsp3) is 0.923. The van der Waals surface area contributed by atoms with Crippen molar-refractivity contribution in [2.45, 2.75) is 72.0 Å². The fourth-order valence-corrected chi connectivity index (χ4v) is 1.45. The quantitative estimate of drug-likeness (QED) is 0.728. The van der Waals surface area contributed by atoms with Crippen LogP contribution in [0.5, 0.6) is 0 Å². The first-order valence-corrected chi connectivity index (χ1v) is 6.06. The van der Waals surface area contributed by atoms with E-state index in [4.69, 9.17) is 4.74 Å². The summed E-state index contributed by atoms with van der Waals surface area (Å²) < 4.78 is 5.79. The van der Waals surface area contributed by atoms with Crippen LogP contribution in [-0.4, -0.2) is 22.3 Å². The lowest BCUT2D eigenvalue weighted by atomic mass is 9.93. The Morgan fingerprint density at radius 1 is 1.31 bits per heavy atom. The van der Waals surface area contributed by atoms with Crippen LogP contribution < -0.4 is 0 Å². The lowest BCUT2D eigenvalue weighted by Gasteiger charge is -2.35. The van der Waals surface area contributed by atoms with Gasteiger partial charge in [0.2, 0.25) is 0 Å². The number of ether oxygens (including phenoxy) is 1. The molecule has 16 heavy (non-hydrogen) atoms. The highest BCUT2D eigenvalue weighted by Crippen LogP contribution is 2.28. The Bertz CT molecular complexity index is 233. The van der Waals surface area contributed by atoms with Gasteiger partial charge in [-0.1, -0.05) is 20.8 Å². The van der Waals surface area contributed by atoms with Crippen LogP contribution in [0.15, 0.2) is 0 Å². The molecule has 0 spiro atoms. The third kappa shape index (κ3) is 4.97. The number of hydrogen-bond donors (Lipinski definition) is 1. The van der Waals surface area contributed by atoms with E-state index in [9.17, 15) is 9.90 Å². The Kier molecular flexibility index (Phi) is 5.47. The number of carbonyl (C=O) groups is 1. The van der Waals surface area contributed by atoms with Gasteiger partial charge >= 0.3 is 5.97 Å². The molecule has 0 aromatic carbocycles. The van der Waals surface area contributed by atoms with Gasteiger partial charge < -0.3 is 9.84 Å². The average molecular weight is 230 g/mol. The molecule has 0 aromatic rings. The van der Waals surface area contributed by atoms with Crippen molar-refractivity contribution >= 4 is 5.97 Å². The molecular formula is C13H26O3. The van der Waals surface area contributed by atoms with E-state index >= 15 is 0 Å². The second-order valence-electron chi connectivity index (χ2n) is 5.68. The van der Waals surface area contributed by atoms with Crippen molar-refractivity contribution in [1.82, 2.24) is 0 Å². The van der Waals surface area contributed by atoms with Gasteiger partial charge in [0.15, 0.2) is 5.60 Å². The van der Waals surface area contributed by atoms with Gasteiger partial charge in [0.1, 0.15) is 0 Å². The van der Waals surface area contributed by atoms with Gasteiger partial charge in [-0.25, -0.2) is 4.79 Å². The Morgan fingerprint density at radius 2 is 1.81 bits per heavy atom. The SMILES string of the molecule is CCC(C)(C)OC(C)(CCC(C)C)C(=O)O. The summed E-state index contributed by atoms with van der Waals surface area (Å²) in [5.41, 5.74) is -1.45. The first-order valence-electron chi connectivity index (χ1n) is 6.06. The largest absolute Gasteiger partial charge is 0.479 e. The van der Waals surface area contributed by atoms with Gasteiger partial charge in [-0.15, -0.1) is 0 Å². The zero-order valence-electron chi connectivity index (χ0n) is 11.5. The van der Waals surface area contributed by atoms with Crippen LogP contribution in [0.2, 0.25) is 0 Å². The monoisotopic (exact) mass is 230 g/mol. The van der Waals surface area contributed by atoms with E-state index in [1.54, 1.807) is 6.92 Å². The zero-order chi connectivity index (χ0) is 13.0. The molecule has 0 saturated heterocycles. The highest BCUT2D eigenvalue weighted by Gasteiger charge is 2.38. The van der Waals surface area contributed by atoms with Crippen molar-refractivity contribution in [1.29, 1.82) is 0 Å². The molecule has 0 radical (unpaired) electrons. The summed E-state index contributed by atoms with van der Waals surface area (Å²) in [5.74, 6) is -0.373. The summed E-state index contributed by atoms with van der Waals surface area (Å²) in [7, 11) is 0. The molecular weight excluding hydrogens is 204 g/mol. The Balaban J connectivity index is 4.64. The minimum atomic E-state index is -1.07. The van der Waals surface area contributed by atoms with Gasteiger partial charge in [-0.05, 0) is 46.0 Å². The predicted molar refractivity (Wildman–Crippen MR) is 65.6 cm³/mol. The maximum Gasteiger partial charge on any atom is 0.335 e. The van der Waals surface area contributed by atoms with Crippen LogP contribution in [0.1, 0.15) is 60.8 Å². The zero-order valence-corrected chi connectivity index (χ0v) is 11.5. The Hall–Kier alpha value is -0.570. The number of hydrogen-bond acceptors (Lipinski definition) is 2. The second-order valence-corrected chi connectivity index (χ2v) is 5.68. The molecule has 96 valence electrons. The smallest absolute Gasteiger partial charge is 0.335 e. The molecule has 0 rings (SSSR count). The first-order chi connectivity index (χ1) is 7.13. The van der Waals surface area contributed by atoms with Crippen molar-refractivity contribution in [2.24, 2.45) is 5.92 Å². The highest BCUT2D eigenvalue weighted by atomic mass is 16.5. The molecule has 0 aliphatic rings. The topological polar surface area (TPSA) is 46.5 Å². The van der Waals surface area contributed by atoms with Gasteiger partial charge in [0.25, 0.3) is 0 Å². The van der Waals surface area contributed by atoms with Crippen molar-refractivity contribution in [2.75, 3.05) is 0 Å². The van der Waals surface area contributed by atoms with E-state index in [0.717, 1.165) is 12.8 Å². The Labute approximate surface area is 99.2 Å². The normalized spacial score (nSPS) is 16.2. The number of carboxylic acid groups (broad SMARTS) is 1. The highest BCUT2D eigenvalue weighted by molar-refractivity contribution is 5.76. The van der Waals surface area contributed by atoms with Crippen molar-refractivity contribution in [3.63, 3.8) is 0 Å². The molecule has 0 saturated carbocycles. The lowest BCUT2D eigenvalue weighted by Crippen LogP contribution is -2.45. The standard InChI is InChI=1S/C13H26O3/c1-7-12(4,5)16-13(6,11(14)15)9-8-10(2)3/h10H,7-9H2,1-6H3,(H,14,15). The molecule has 0 fully saturated rings. The van der Waals surface area contributed by atoms with Gasteiger partial charge in [0, 0.05) is 0 Å². The van der Waals surface area contributed by atoms with Crippen molar-refractivity contribution < 1.29 is 14.6 Å². The van der Waals surface area contributed by atoms with Crippen molar-refractivity contribution in [3.05, 3.63) is 0 Å². The molecule has 0 aromatic heterocycles. The fourth-order valence-electron chi connectivity index (χ4n) is 1.45. The lowest BCUT2D eigenvalue weighted by molar-refractivity contribution is -0.186. The van der Waals surface area contributed by atoms with E-state index in [1.165, 1.54) is 0 Å². The maximum atomic E-state index is 11.3. The number of carboxylic acids is 1. The van der Waals surface area contributed by atoms with Crippen LogP contribution in [0.3, 0.4) is 0 Å². The van der Waals surface area contributed by atoms with E-state index in [2.05, 4.69) is 13.8 Å². The molecule has 0 aliphatic heterocycles. The summed E-state index contributed by atoms with van der Waals surface area (Å²) in [6.45, 7) is 11.7. The molecule has 0 amide bonds. The van der Waals surface area contributed by atoms with Gasteiger partial charge in [0.05, 0.1) is 5.60 Å². The van der Waals surface area contributed by atoms with E-state index in [1.807, 2.05) is 20.8 Å². The van der Waals surface area contributed by atoms with Gasteiger partial charge in [-0.3, -0.25) is 0 Å². The summed E-state index contributed by atoms with van der Waals surface area (Å²) in [6.07, 6.45) is 2.23. The van der Waals surface area contributed by atoms with E-state index < -0.39 is 11.6 Å². The number of rotatable bonds is 7. The van der Waals surface area contributed by atoms with Crippen molar-refractivity contribution in [3.8, 4) is 0 Å². The minimum Gasteiger partial charge on any atom is -0.479 e. The third-order valence-corrected chi connectivity index (χ3v) is 3.00. The van der Waals surface area contributed by atoms with Crippen LogP contribution in [0.25, 0.3) is 0 Å². The minimum absolute atomic E-state index is 0.385. The molecule has 3 heteroatoms. The molecule has 3 nitrogen and oxygen atoms in total. The van der Waals surface area contributed by atoms with Gasteiger partial charge in [-0.2, -0.15) is 0 Å². The molecule has 1 N–H and O–H groups in total. The van der Waals surface area contributed by atoms with Crippen LogP contribution in [-0.2, 0) is 9.53 Å². The summed E-state index contributed by atoms with van der Waals surface area (Å²) >= 11 is 0. The molecule has 1 unspecified atom stereocenters. The first kappa shape index (κ1) is 15.4. The Morgan fingerprint density at radius 3 is 2.12 bits per heavy atom. The van der Waals surface area contributed by atoms with Crippen LogP contribution in [0, 0.1) is 5.92 Å². The average Bonchev–Trinajstić information content (AvgIpc) is 2.14. The van der Waals surface area contributed by atoms with E-state index in [0.29, 0.717) is 12.3 Å². The van der Waals surface area contributed by atoms with E-state index in [-0.39, 0.29) is 5.60 Å².